The molecule has 65 heavy (non-hydrogen) atoms. The minimum absolute atomic E-state index is 0.131. The zero-order valence-electron chi connectivity index (χ0n) is 40.6. The third kappa shape index (κ3) is 14.0. The van der Waals surface area contributed by atoms with Gasteiger partial charge in [-0.25, -0.2) is 0 Å². The Bertz CT molecular complexity index is 1970. The van der Waals surface area contributed by atoms with E-state index >= 15 is 0 Å². The third-order valence-electron chi connectivity index (χ3n) is 13.7. The standard InChI is InChI=1S/C56H79F3NOP2Si2/c1-7-13-41-64(42-14-8-2,43-15-9-3)52-37-33-49(34-38-52)62(50-35-39-53(40-36-50)65(44-16-10-4,45-17-11-5)46-18-12-6)63(51-29-23-20-24-30-51,60-47-48-27-21-19-22-28-48)55-32-26-25-31-54(55)61-56(57,58)59/h19-40,60H,7-18,41-47H2,1-6H3/q+1. The monoisotopic (exact) mass is 957 g/mol. The summed E-state index contributed by atoms with van der Waals surface area (Å²) in [5.41, 5.74) is 1.08. The maximum Gasteiger partial charge on any atom is 0.573 e. The van der Waals surface area contributed by atoms with Gasteiger partial charge in [0.05, 0.1) is 22.7 Å². The second-order valence-corrected chi connectivity index (χ2v) is 34.9. The summed E-state index contributed by atoms with van der Waals surface area (Å²) in [5.74, 6) is -0.131. The lowest BCUT2D eigenvalue weighted by Crippen LogP contribution is -2.48. The molecule has 0 aliphatic heterocycles. The van der Waals surface area contributed by atoms with Gasteiger partial charge < -0.3 is 4.74 Å². The molecule has 0 heterocycles. The molecule has 0 fully saturated rings. The van der Waals surface area contributed by atoms with Gasteiger partial charge in [-0.05, 0) is 29.8 Å². The zero-order valence-corrected chi connectivity index (χ0v) is 44.4. The van der Waals surface area contributed by atoms with Crippen LogP contribution in [0.4, 0.5) is 13.2 Å². The summed E-state index contributed by atoms with van der Waals surface area (Å²) < 4.78 is 49.0. The molecule has 1 N–H and O–H groups in total. The summed E-state index contributed by atoms with van der Waals surface area (Å²) in [6.07, 6.45) is 9.83. The van der Waals surface area contributed by atoms with Crippen molar-refractivity contribution < 1.29 is 17.9 Å². The second-order valence-electron chi connectivity index (χ2n) is 18.4. The van der Waals surface area contributed by atoms with Crippen molar-refractivity contribution in [1.29, 1.82) is 0 Å². The van der Waals surface area contributed by atoms with E-state index in [1.807, 2.05) is 48.5 Å². The molecule has 0 spiro atoms. The molecule has 5 aromatic rings. The van der Waals surface area contributed by atoms with Crippen LogP contribution in [0.3, 0.4) is 0 Å². The number of halogens is 3. The summed E-state index contributed by atoms with van der Waals surface area (Å²) >= 11 is 0. The van der Waals surface area contributed by atoms with E-state index < -0.39 is 37.2 Å². The van der Waals surface area contributed by atoms with Crippen molar-refractivity contribution in [2.45, 2.75) is 168 Å². The average molecular weight is 957 g/mol. The number of hydrogen-bond acceptors (Lipinski definition) is 2. The molecule has 0 aromatic heterocycles. The molecule has 2 nitrogen and oxygen atoms in total. The van der Waals surface area contributed by atoms with Crippen LogP contribution in [0.1, 0.15) is 124 Å². The molecule has 5 rings (SSSR count). The van der Waals surface area contributed by atoms with Gasteiger partial charge in [-0.1, -0.05) is 274 Å². The number of unbranched alkanes of at least 4 members (excludes halogenated alkanes) is 6. The van der Waals surface area contributed by atoms with E-state index in [9.17, 15) is 13.2 Å². The number of hydrogen-bond donors (Lipinski definition) is 1. The van der Waals surface area contributed by atoms with Gasteiger partial charge >= 0.3 is 6.36 Å². The first-order valence-corrected chi connectivity index (χ1v) is 34.2. The molecule has 5 aromatic carbocycles. The fourth-order valence-electron chi connectivity index (χ4n) is 10.1. The first-order valence-electron chi connectivity index (χ1n) is 25.2. The van der Waals surface area contributed by atoms with Crippen LogP contribution in [-0.2, 0) is 6.54 Å². The molecule has 352 valence electrons. The topological polar surface area (TPSA) is 21.3 Å². The van der Waals surface area contributed by atoms with E-state index in [0.717, 1.165) is 10.9 Å². The number of alkyl halides is 3. The molecule has 0 saturated carbocycles. The fraction of sp³-hybridized carbons (Fsp3) is 0.464. The summed E-state index contributed by atoms with van der Waals surface area (Å²) in [6, 6.07) is 55.0. The number of rotatable bonds is 29. The van der Waals surface area contributed by atoms with Gasteiger partial charge in [0.15, 0.2) is 18.2 Å². The van der Waals surface area contributed by atoms with Crippen LogP contribution in [0.25, 0.3) is 0 Å². The lowest BCUT2D eigenvalue weighted by Gasteiger charge is -2.37. The van der Waals surface area contributed by atoms with Crippen molar-refractivity contribution in [3.8, 4) is 5.75 Å². The molecule has 0 saturated heterocycles. The highest BCUT2D eigenvalue weighted by molar-refractivity contribution is 8.49. The van der Waals surface area contributed by atoms with Crippen molar-refractivity contribution in [3.05, 3.63) is 139 Å². The number of benzene rings is 5. The Morgan fingerprint density at radius 2 is 0.846 bits per heavy atom. The van der Waals surface area contributed by atoms with Gasteiger partial charge in [-0.2, -0.15) is 5.09 Å². The van der Waals surface area contributed by atoms with E-state index in [1.54, 1.807) is 16.4 Å². The van der Waals surface area contributed by atoms with Gasteiger partial charge in [0.25, 0.3) is 0 Å². The van der Waals surface area contributed by atoms with Crippen LogP contribution >= 0.6 is 14.7 Å². The molecule has 9 heteroatoms. The fourth-order valence-corrected chi connectivity index (χ4v) is 31.8. The molecule has 0 bridgehead atoms. The predicted octanol–water partition coefficient (Wildman–Crippen LogP) is 15.4. The van der Waals surface area contributed by atoms with E-state index in [2.05, 4.69) is 119 Å². The summed E-state index contributed by atoms with van der Waals surface area (Å²) in [6.45, 7) is 14.4. The Kier molecular flexibility index (Phi) is 21.6. The normalized spacial score (nSPS) is 13.3. The maximum atomic E-state index is 14.6. The average Bonchev–Trinajstić information content (AvgIpc) is 3.33. The Morgan fingerprint density at radius 1 is 0.477 bits per heavy atom. The van der Waals surface area contributed by atoms with E-state index in [1.165, 1.54) is 130 Å². The summed E-state index contributed by atoms with van der Waals surface area (Å²) in [7, 11) is -8.12. The zero-order chi connectivity index (χ0) is 46.6. The van der Waals surface area contributed by atoms with Crippen LogP contribution in [0.5, 0.6) is 5.75 Å². The highest BCUT2D eigenvalue weighted by Crippen LogP contribution is 2.79. The van der Waals surface area contributed by atoms with Crippen LogP contribution in [0.2, 0.25) is 36.3 Å². The van der Waals surface area contributed by atoms with Crippen molar-refractivity contribution in [2.75, 3.05) is 0 Å². The first-order chi connectivity index (χ1) is 31.5. The van der Waals surface area contributed by atoms with Gasteiger partial charge in [0.1, 0.15) is 12.9 Å². The number of nitrogens with one attached hydrogen (secondary N) is 1. The van der Waals surface area contributed by atoms with Crippen LogP contribution < -0.4 is 41.4 Å². The van der Waals surface area contributed by atoms with Gasteiger partial charge in [0, 0.05) is 10.6 Å². The summed E-state index contributed by atoms with van der Waals surface area (Å²) in [5, 5.41) is 11.2. The second kappa shape index (κ2) is 26.5. The summed E-state index contributed by atoms with van der Waals surface area (Å²) in [4.78, 5) is 0. The first kappa shape index (κ1) is 52.9. The van der Waals surface area contributed by atoms with Crippen LogP contribution in [0, 0.1) is 0 Å². The predicted molar refractivity (Wildman–Crippen MR) is 287 cm³/mol. The Balaban J connectivity index is 1.87. The van der Waals surface area contributed by atoms with Gasteiger partial charge in [-0.3, -0.25) is 0 Å². The highest BCUT2D eigenvalue weighted by Gasteiger charge is 2.56. The molecule has 0 radical (unpaired) electrons. The molecular formula is C56H79F3NOP2Si2+. The Morgan fingerprint density at radius 3 is 1.23 bits per heavy atom. The Hall–Kier alpha value is -3.06. The Labute approximate surface area is 396 Å². The number of para-hydroxylation sites is 1. The van der Waals surface area contributed by atoms with Crippen molar-refractivity contribution in [1.82, 2.24) is 5.09 Å². The molecule has 1 atom stereocenters. The quantitative estimate of drug-likeness (QED) is 0.0381. The van der Waals surface area contributed by atoms with Gasteiger partial charge in [0.2, 0.25) is 0 Å². The lowest BCUT2D eigenvalue weighted by atomic mass is 10.2. The smallest absolute Gasteiger partial charge is 0.401 e. The molecule has 0 aliphatic carbocycles. The van der Waals surface area contributed by atoms with Gasteiger partial charge in [-0.15, -0.1) is 13.2 Å². The number of ether oxygens (including phenoxy) is 1. The largest absolute Gasteiger partial charge is 0.573 e. The SMILES string of the molecule is CCCC[Si](CCCC)(CCCC)c1ccc(P(c2ccc([Si](CCCC)(CCCC)CCCC)cc2)[P+](NCc2ccccc2)(c2ccccc2)c2ccccc2OC(F)(F)F)cc1. The van der Waals surface area contributed by atoms with E-state index in [4.69, 9.17) is 4.74 Å². The highest BCUT2D eigenvalue weighted by atomic mass is 32.1. The molecule has 0 amide bonds. The third-order valence-corrected chi connectivity index (χ3v) is 34.6. The van der Waals surface area contributed by atoms with Crippen molar-refractivity contribution in [3.63, 3.8) is 0 Å². The minimum Gasteiger partial charge on any atom is -0.401 e. The van der Waals surface area contributed by atoms with E-state index in [-0.39, 0.29) is 5.75 Å². The van der Waals surface area contributed by atoms with Crippen molar-refractivity contribution in [2.24, 2.45) is 0 Å². The molecule has 1 unspecified atom stereocenters. The maximum absolute atomic E-state index is 14.6. The van der Waals surface area contributed by atoms with Crippen molar-refractivity contribution >= 4 is 62.5 Å². The molecule has 0 aliphatic rings. The molecular weight excluding hydrogens is 878 g/mol. The van der Waals surface area contributed by atoms with Crippen LogP contribution in [-0.4, -0.2) is 22.5 Å². The van der Waals surface area contributed by atoms with E-state index in [0.29, 0.717) is 11.8 Å². The van der Waals surface area contributed by atoms with Crippen LogP contribution in [0.15, 0.2) is 133 Å². The minimum atomic E-state index is -4.86. The lowest BCUT2D eigenvalue weighted by molar-refractivity contribution is -0.274.